The zero-order valence-electron chi connectivity index (χ0n) is 10.5. The molecule has 0 saturated heterocycles. The van der Waals surface area contributed by atoms with Crippen LogP contribution in [0.5, 0.6) is 0 Å². The maximum absolute atomic E-state index is 11.5. The Morgan fingerprint density at radius 2 is 2.22 bits per heavy atom. The number of rotatable bonds is 5. The van der Waals surface area contributed by atoms with Crippen molar-refractivity contribution >= 4 is 23.7 Å². The highest BCUT2D eigenvalue weighted by Crippen LogP contribution is 2.11. The van der Waals surface area contributed by atoms with Crippen LogP contribution in [0.3, 0.4) is 0 Å². The lowest BCUT2D eigenvalue weighted by atomic mass is 10.3. The van der Waals surface area contributed by atoms with Crippen molar-refractivity contribution in [3.63, 3.8) is 0 Å². The molecule has 1 heterocycles. The Labute approximate surface area is 109 Å². The van der Waals surface area contributed by atoms with Gasteiger partial charge in [0.05, 0.1) is 5.75 Å². The Bertz CT molecular complexity index is 421. The van der Waals surface area contributed by atoms with Crippen molar-refractivity contribution in [2.24, 2.45) is 7.05 Å². The number of hydrogen-bond donors (Lipinski definition) is 2. The van der Waals surface area contributed by atoms with Gasteiger partial charge in [0.2, 0.25) is 11.1 Å². The van der Waals surface area contributed by atoms with Crippen molar-refractivity contribution in [2.75, 3.05) is 5.75 Å². The predicted molar refractivity (Wildman–Crippen MR) is 65.9 cm³/mol. The molecule has 1 aromatic heterocycles. The fraction of sp³-hybridized carbons (Fsp3) is 0.667. The van der Waals surface area contributed by atoms with Crippen LogP contribution in [0, 0.1) is 0 Å². The standard InChI is InChI=1S/C9H16N6O2S/c1-4-6(2)10-8(17)11-7(16)5-18-9-12-13-14-15(9)3/h6H,4-5H2,1-3H3,(H2,10,11,16,17)/t6-/m0/s1. The van der Waals surface area contributed by atoms with Gasteiger partial charge in [-0.05, 0) is 23.8 Å². The Kier molecular flexibility index (Phi) is 5.56. The van der Waals surface area contributed by atoms with Gasteiger partial charge in [0.25, 0.3) is 0 Å². The Balaban J connectivity index is 2.29. The number of aromatic nitrogens is 4. The quantitative estimate of drug-likeness (QED) is 0.727. The molecule has 8 nitrogen and oxygen atoms in total. The minimum absolute atomic E-state index is 0.0355. The zero-order valence-corrected chi connectivity index (χ0v) is 11.3. The lowest BCUT2D eigenvalue weighted by Gasteiger charge is -2.11. The van der Waals surface area contributed by atoms with E-state index in [4.69, 9.17) is 0 Å². The number of aryl methyl sites for hydroxylation is 1. The largest absolute Gasteiger partial charge is 0.335 e. The van der Waals surface area contributed by atoms with Gasteiger partial charge in [-0.2, -0.15) is 0 Å². The number of imide groups is 1. The monoisotopic (exact) mass is 272 g/mol. The van der Waals surface area contributed by atoms with Crippen molar-refractivity contribution in [1.82, 2.24) is 30.8 Å². The number of nitrogens with zero attached hydrogens (tertiary/aromatic N) is 4. The molecule has 1 aromatic rings. The Morgan fingerprint density at radius 3 is 2.78 bits per heavy atom. The summed E-state index contributed by atoms with van der Waals surface area (Å²) in [6.07, 6.45) is 0.807. The van der Waals surface area contributed by atoms with Gasteiger partial charge >= 0.3 is 6.03 Å². The topological polar surface area (TPSA) is 102 Å². The molecule has 0 saturated carbocycles. The van der Waals surface area contributed by atoms with E-state index < -0.39 is 6.03 Å². The number of thioether (sulfide) groups is 1. The first kappa shape index (κ1) is 14.4. The van der Waals surface area contributed by atoms with Gasteiger partial charge in [0, 0.05) is 13.1 Å². The lowest BCUT2D eigenvalue weighted by Crippen LogP contribution is -2.43. The fourth-order valence-corrected chi connectivity index (χ4v) is 1.65. The normalized spacial score (nSPS) is 11.9. The first-order chi connectivity index (χ1) is 8.52. The van der Waals surface area contributed by atoms with E-state index >= 15 is 0 Å². The van der Waals surface area contributed by atoms with Gasteiger partial charge in [-0.1, -0.05) is 18.7 Å². The van der Waals surface area contributed by atoms with Crippen molar-refractivity contribution in [3.05, 3.63) is 0 Å². The molecule has 0 fully saturated rings. The zero-order chi connectivity index (χ0) is 13.5. The van der Waals surface area contributed by atoms with E-state index in [1.165, 1.54) is 4.68 Å². The summed E-state index contributed by atoms with van der Waals surface area (Å²) in [4.78, 5) is 22.8. The van der Waals surface area contributed by atoms with Gasteiger partial charge in [-0.15, -0.1) is 5.10 Å². The van der Waals surface area contributed by atoms with Gasteiger partial charge in [-0.25, -0.2) is 9.48 Å². The molecule has 0 aliphatic rings. The second-order valence-electron chi connectivity index (χ2n) is 3.70. The first-order valence-corrected chi connectivity index (χ1v) is 6.47. The number of hydrogen-bond acceptors (Lipinski definition) is 6. The van der Waals surface area contributed by atoms with Crippen LogP contribution in [0.2, 0.25) is 0 Å². The summed E-state index contributed by atoms with van der Waals surface area (Å²) in [6, 6.07) is -0.445. The second-order valence-corrected chi connectivity index (χ2v) is 4.65. The van der Waals surface area contributed by atoms with Crippen LogP contribution in [-0.2, 0) is 11.8 Å². The lowest BCUT2D eigenvalue weighted by molar-refractivity contribution is -0.117. The molecule has 0 aliphatic heterocycles. The van der Waals surface area contributed by atoms with Gasteiger partial charge in [0.15, 0.2) is 0 Å². The van der Waals surface area contributed by atoms with E-state index in [1.54, 1.807) is 7.05 Å². The minimum Gasteiger partial charge on any atom is -0.335 e. The molecule has 0 aliphatic carbocycles. The molecule has 1 rings (SSSR count). The highest BCUT2D eigenvalue weighted by molar-refractivity contribution is 7.99. The van der Waals surface area contributed by atoms with Crippen molar-refractivity contribution in [1.29, 1.82) is 0 Å². The number of amides is 3. The number of urea groups is 1. The first-order valence-electron chi connectivity index (χ1n) is 5.48. The van der Waals surface area contributed by atoms with Crippen molar-refractivity contribution in [2.45, 2.75) is 31.5 Å². The predicted octanol–water partition coefficient (Wildman–Crippen LogP) is -0.0735. The highest BCUT2D eigenvalue weighted by atomic mass is 32.2. The average Bonchev–Trinajstić information content (AvgIpc) is 2.71. The molecule has 9 heteroatoms. The van der Waals surface area contributed by atoms with Gasteiger partial charge in [0.1, 0.15) is 0 Å². The number of carbonyl (C=O) groups excluding carboxylic acids is 2. The molecule has 0 unspecified atom stereocenters. The van der Waals surface area contributed by atoms with Crippen LogP contribution in [0.4, 0.5) is 4.79 Å². The van der Waals surface area contributed by atoms with Crippen LogP contribution in [0.1, 0.15) is 20.3 Å². The molecular formula is C9H16N6O2S. The molecule has 0 radical (unpaired) electrons. The minimum atomic E-state index is -0.481. The smallest absolute Gasteiger partial charge is 0.321 e. The number of carbonyl (C=O) groups is 2. The summed E-state index contributed by atoms with van der Waals surface area (Å²) >= 11 is 1.16. The van der Waals surface area contributed by atoms with E-state index in [1.807, 2.05) is 13.8 Å². The summed E-state index contributed by atoms with van der Waals surface area (Å²) in [7, 11) is 1.68. The molecule has 100 valence electrons. The summed E-state index contributed by atoms with van der Waals surface area (Å²) in [5.74, 6) is -0.300. The van der Waals surface area contributed by atoms with E-state index in [-0.39, 0.29) is 17.7 Å². The summed E-state index contributed by atoms with van der Waals surface area (Å²) in [5.41, 5.74) is 0. The van der Waals surface area contributed by atoms with Crippen LogP contribution in [0.15, 0.2) is 5.16 Å². The van der Waals surface area contributed by atoms with E-state index in [0.717, 1.165) is 18.2 Å². The van der Waals surface area contributed by atoms with Gasteiger partial charge in [-0.3, -0.25) is 10.1 Å². The van der Waals surface area contributed by atoms with Crippen molar-refractivity contribution < 1.29 is 9.59 Å². The molecule has 0 aromatic carbocycles. The fourth-order valence-electron chi connectivity index (χ4n) is 0.998. The third kappa shape index (κ3) is 4.70. The second kappa shape index (κ2) is 6.94. The van der Waals surface area contributed by atoms with Crippen LogP contribution < -0.4 is 10.6 Å². The van der Waals surface area contributed by atoms with E-state index in [0.29, 0.717) is 5.16 Å². The number of tetrazole rings is 1. The highest BCUT2D eigenvalue weighted by Gasteiger charge is 2.11. The van der Waals surface area contributed by atoms with E-state index in [9.17, 15) is 9.59 Å². The van der Waals surface area contributed by atoms with Crippen LogP contribution >= 0.6 is 11.8 Å². The SMILES string of the molecule is CC[C@H](C)NC(=O)NC(=O)CSc1nnnn1C. The van der Waals surface area contributed by atoms with E-state index in [2.05, 4.69) is 26.2 Å². The summed E-state index contributed by atoms with van der Waals surface area (Å²) in [5, 5.41) is 16.2. The average molecular weight is 272 g/mol. The number of nitrogens with one attached hydrogen (secondary N) is 2. The molecule has 1 atom stereocenters. The molecule has 0 spiro atoms. The molecule has 0 bridgehead atoms. The molecule has 18 heavy (non-hydrogen) atoms. The van der Waals surface area contributed by atoms with Crippen molar-refractivity contribution in [3.8, 4) is 0 Å². The van der Waals surface area contributed by atoms with Crippen LogP contribution in [0.25, 0.3) is 0 Å². The Hall–Kier alpha value is -1.64. The summed E-state index contributed by atoms with van der Waals surface area (Å²) in [6.45, 7) is 3.81. The third-order valence-corrected chi connectivity index (χ3v) is 3.17. The molecule has 3 amide bonds. The Morgan fingerprint density at radius 1 is 1.50 bits per heavy atom. The maximum Gasteiger partial charge on any atom is 0.321 e. The molecular weight excluding hydrogens is 256 g/mol. The third-order valence-electron chi connectivity index (χ3n) is 2.16. The summed E-state index contributed by atoms with van der Waals surface area (Å²) < 4.78 is 1.46. The molecule has 2 N–H and O–H groups in total. The van der Waals surface area contributed by atoms with Crippen LogP contribution in [-0.4, -0.2) is 43.9 Å². The maximum atomic E-state index is 11.5. The van der Waals surface area contributed by atoms with Gasteiger partial charge < -0.3 is 5.32 Å².